The average Bonchev–Trinajstić information content (AvgIpc) is 2.73. The van der Waals surface area contributed by atoms with Crippen LogP contribution < -0.4 is 0 Å². The molecule has 0 fully saturated rings. The lowest BCUT2D eigenvalue weighted by molar-refractivity contribution is 0.475. The lowest BCUT2D eigenvalue weighted by atomic mass is 10.1. The van der Waals surface area contributed by atoms with E-state index >= 15 is 0 Å². The maximum atomic E-state index is 13.0. The van der Waals surface area contributed by atoms with Gasteiger partial charge in [0.1, 0.15) is 17.4 Å². The second-order valence-electron chi connectivity index (χ2n) is 4.19. The number of nitrogens with one attached hydrogen (secondary N) is 1. The highest BCUT2D eigenvalue weighted by Gasteiger charge is 2.04. The number of hydrogen-bond donors (Lipinski definition) is 2. The largest absolute Gasteiger partial charge is 0.508 e. The fourth-order valence-corrected chi connectivity index (χ4v) is 1.93. The Morgan fingerprint density at radius 2 is 1.89 bits per heavy atom. The van der Waals surface area contributed by atoms with E-state index in [2.05, 4.69) is 9.97 Å². The number of aromatic hydroxyl groups is 1. The lowest BCUT2D eigenvalue weighted by Crippen LogP contribution is -1.89. The summed E-state index contributed by atoms with van der Waals surface area (Å²) in [5.41, 5.74) is 2.49. The zero-order valence-electron chi connectivity index (χ0n) is 9.52. The summed E-state index contributed by atoms with van der Waals surface area (Å²) in [7, 11) is 0. The van der Waals surface area contributed by atoms with Crippen LogP contribution in [-0.4, -0.2) is 15.1 Å². The molecule has 0 saturated heterocycles. The van der Waals surface area contributed by atoms with Crippen LogP contribution in [0.3, 0.4) is 0 Å². The van der Waals surface area contributed by atoms with Gasteiger partial charge in [-0.15, -0.1) is 0 Å². The fourth-order valence-electron chi connectivity index (χ4n) is 1.93. The van der Waals surface area contributed by atoms with Gasteiger partial charge in [0.05, 0.1) is 11.0 Å². The Kier molecular flexibility index (Phi) is 2.48. The van der Waals surface area contributed by atoms with Crippen LogP contribution in [0.5, 0.6) is 5.75 Å². The van der Waals surface area contributed by atoms with Crippen molar-refractivity contribution in [3.63, 3.8) is 0 Å². The predicted molar refractivity (Wildman–Crippen MR) is 67.0 cm³/mol. The molecule has 90 valence electrons. The second kappa shape index (κ2) is 4.14. The molecule has 0 saturated carbocycles. The first-order chi connectivity index (χ1) is 8.70. The Hall–Kier alpha value is -2.36. The van der Waals surface area contributed by atoms with Gasteiger partial charge in [-0.25, -0.2) is 9.37 Å². The smallest absolute Gasteiger partial charge is 0.125 e. The minimum Gasteiger partial charge on any atom is -0.508 e. The van der Waals surface area contributed by atoms with Crippen LogP contribution in [-0.2, 0) is 6.42 Å². The van der Waals surface area contributed by atoms with Gasteiger partial charge < -0.3 is 10.1 Å². The molecule has 0 atom stereocenters. The maximum Gasteiger partial charge on any atom is 0.125 e. The molecule has 0 aliphatic heterocycles. The number of benzene rings is 2. The van der Waals surface area contributed by atoms with Gasteiger partial charge in [-0.2, -0.15) is 0 Å². The minimum absolute atomic E-state index is 0.241. The Morgan fingerprint density at radius 1 is 1.11 bits per heavy atom. The van der Waals surface area contributed by atoms with E-state index < -0.39 is 0 Å². The Labute approximate surface area is 103 Å². The zero-order chi connectivity index (χ0) is 12.5. The van der Waals surface area contributed by atoms with Gasteiger partial charge in [-0.05, 0) is 35.9 Å². The van der Waals surface area contributed by atoms with E-state index in [1.807, 2.05) is 12.1 Å². The molecule has 0 aliphatic rings. The number of halogens is 1. The fraction of sp³-hybridized carbons (Fsp3) is 0.0714. The van der Waals surface area contributed by atoms with Crippen LogP contribution in [0.2, 0.25) is 0 Å². The number of H-pyrrole nitrogens is 1. The van der Waals surface area contributed by atoms with Crippen LogP contribution >= 0.6 is 0 Å². The van der Waals surface area contributed by atoms with Crippen LogP contribution in [0.1, 0.15) is 11.4 Å². The molecule has 0 bridgehead atoms. The van der Waals surface area contributed by atoms with Gasteiger partial charge in [-0.3, -0.25) is 0 Å². The van der Waals surface area contributed by atoms with Crippen molar-refractivity contribution in [2.75, 3.05) is 0 Å². The molecule has 0 radical (unpaired) electrons. The summed E-state index contributed by atoms with van der Waals surface area (Å²) in [5.74, 6) is 0.744. The third-order valence-electron chi connectivity index (χ3n) is 2.80. The summed E-state index contributed by atoms with van der Waals surface area (Å²) in [5, 5.41) is 9.20. The molecule has 2 aromatic carbocycles. The first-order valence-electron chi connectivity index (χ1n) is 5.63. The van der Waals surface area contributed by atoms with Gasteiger partial charge >= 0.3 is 0 Å². The molecule has 0 amide bonds. The van der Waals surface area contributed by atoms with E-state index in [0.717, 1.165) is 16.9 Å². The Balaban J connectivity index is 1.92. The van der Waals surface area contributed by atoms with E-state index in [1.165, 1.54) is 12.1 Å². The summed E-state index contributed by atoms with van der Waals surface area (Å²) in [6.45, 7) is 0. The molecular weight excluding hydrogens is 231 g/mol. The van der Waals surface area contributed by atoms with Gasteiger partial charge in [0, 0.05) is 6.42 Å². The van der Waals surface area contributed by atoms with Crippen LogP contribution in [0.25, 0.3) is 11.0 Å². The standard InChI is InChI=1S/C14H11FN2O/c15-10-3-6-12-13(8-10)17-14(16-12)7-9-1-4-11(18)5-2-9/h1-6,8,18H,7H2,(H,16,17). The van der Waals surface area contributed by atoms with E-state index in [-0.39, 0.29) is 11.6 Å². The molecule has 0 aliphatic carbocycles. The Morgan fingerprint density at radius 3 is 2.67 bits per heavy atom. The molecule has 2 N–H and O–H groups in total. The summed E-state index contributed by atoms with van der Waals surface area (Å²) < 4.78 is 13.0. The van der Waals surface area contributed by atoms with Gasteiger partial charge in [0.15, 0.2) is 0 Å². The number of imidazole rings is 1. The van der Waals surface area contributed by atoms with E-state index in [0.29, 0.717) is 11.9 Å². The first-order valence-corrected chi connectivity index (χ1v) is 5.63. The molecule has 1 heterocycles. The SMILES string of the molecule is Oc1ccc(Cc2nc3ccc(F)cc3[nH]2)cc1. The molecule has 3 aromatic rings. The van der Waals surface area contributed by atoms with Crippen molar-refractivity contribution in [1.29, 1.82) is 0 Å². The average molecular weight is 242 g/mol. The first kappa shape index (κ1) is 10.8. The molecule has 4 heteroatoms. The third kappa shape index (κ3) is 2.05. The number of aromatic nitrogens is 2. The van der Waals surface area contributed by atoms with Crippen molar-refractivity contribution in [3.8, 4) is 5.75 Å². The topological polar surface area (TPSA) is 48.9 Å². The zero-order valence-corrected chi connectivity index (χ0v) is 9.52. The molecule has 0 unspecified atom stereocenters. The summed E-state index contributed by atoms with van der Waals surface area (Å²) in [4.78, 5) is 7.47. The van der Waals surface area contributed by atoms with Gasteiger partial charge in [-0.1, -0.05) is 12.1 Å². The maximum absolute atomic E-state index is 13.0. The minimum atomic E-state index is -0.276. The Bertz CT molecular complexity index is 689. The number of fused-ring (bicyclic) bond motifs is 1. The highest BCUT2D eigenvalue weighted by Crippen LogP contribution is 2.16. The third-order valence-corrected chi connectivity index (χ3v) is 2.80. The van der Waals surface area contributed by atoms with Crippen LogP contribution in [0, 0.1) is 5.82 Å². The second-order valence-corrected chi connectivity index (χ2v) is 4.19. The number of nitrogens with zero attached hydrogens (tertiary/aromatic N) is 1. The van der Waals surface area contributed by atoms with Crippen LogP contribution in [0.4, 0.5) is 4.39 Å². The van der Waals surface area contributed by atoms with Crippen molar-refractivity contribution >= 4 is 11.0 Å². The molecule has 1 aromatic heterocycles. The van der Waals surface area contributed by atoms with Crippen LogP contribution in [0.15, 0.2) is 42.5 Å². The number of rotatable bonds is 2. The normalized spacial score (nSPS) is 10.9. The number of phenolic OH excluding ortho intramolecular Hbond substituents is 1. The van der Waals surface area contributed by atoms with Crippen molar-refractivity contribution in [2.24, 2.45) is 0 Å². The summed E-state index contributed by atoms with van der Waals surface area (Å²) >= 11 is 0. The van der Waals surface area contributed by atoms with Gasteiger partial charge in [0.25, 0.3) is 0 Å². The van der Waals surface area contributed by atoms with Crippen molar-refractivity contribution < 1.29 is 9.50 Å². The van der Waals surface area contributed by atoms with Crippen molar-refractivity contribution in [1.82, 2.24) is 9.97 Å². The van der Waals surface area contributed by atoms with Gasteiger partial charge in [0.2, 0.25) is 0 Å². The molecule has 0 spiro atoms. The summed E-state index contributed by atoms with van der Waals surface area (Å²) in [6.07, 6.45) is 0.622. The van der Waals surface area contributed by atoms with Crippen molar-refractivity contribution in [3.05, 3.63) is 59.7 Å². The molecule has 3 rings (SSSR count). The number of aromatic amines is 1. The van der Waals surface area contributed by atoms with E-state index in [9.17, 15) is 9.50 Å². The predicted octanol–water partition coefficient (Wildman–Crippen LogP) is 3.00. The highest BCUT2D eigenvalue weighted by molar-refractivity contribution is 5.75. The highest BCUT2D eigenvalue weighted by atomic mass is 19.1. The van der Waals surface area contributed by atoms with Crippen molar-refractivity contribution in [2.45, 2.75) is 6.42 Å². The van der Waals surface area contributed by atoms with E-state index in [4.69, 9.17) is 0 Å². The lowest BCUT2D eigenvalue weighted by Gasteiger charge is -1.98. The quantitative estimate of drug-likeness (QED) is 0.725. The molecule has 18 heavy (non-hydrogen) atoms. The number of hydrogen-bond acceptors (Lipinski definition) is 2. The van der Waals surface area contributed by atoms with E-state index in [1.54, 1.807) is 18.2 Å². The summed E-state index contributed by atoms with van der Waals surface area (Å²) in [6, 6.07) is 11.4. The molecular formula is C14H11FN2O. The molecule has 3 nitrogen and oxygen atoms in total. The monoisotopic (exact) mass is 242 g/mol. The number of phenols is 1.